The Morgan fingerprint density at radius 1 is 1.31 bits per heavy atom. The minimum atomic E-state index is -4.28. The highest BCUT2D eigenvalue weighted by molar-refractivity contribution is 5.63. The topological polar surface area (TPSA) is 38.1 Å². The molecule has 2 rings (SSSR count). The summed E-state index contributed by atoms with van der Waals surface area (Å²) in [7, 11) is 1.62. The molecule has 1 aliphatic rings. The molecule has 16 heavy (non-hydrogen) atoms. The number of alkyl halides is 3. The van der Waals surface area contributed by atoms with E-state index in [4.69, 9.17) is 4.42 Å². The highest BCUT2D eigenvalue weighted by Gasteiger charge is 2.36. The number of hydrogen-bond acceptors (Lipinski definition) is 3. The Kier molecular flexibility index (Phi) is 2.49. The van der Waals surface area contributed by atoms with Gasteiger partial charge < -0.3 is 9.73 Å². The summed E-state index contributed by atoms with van der Waals surface area (Å²) in [5, 5.41) is 2.68. The zero-order valence-corrected chi connectivity index (χ0v) is 8.38. The number of aromatic nitrogens is 1. The summed E-state index contributed by atoms with van der Waals surface area (Å²) in [6.45, 7) is 0. The van der Waals surface area contributed by atoms with Crippen molar-refractivity contribution in [2.45, 2.75) is 6.18 Å². The molecule has 0 aromatic carbocycles. The highest BCUT2D eigenvalue weighted by Crippen LogP contribution is 2.32. The standard InChI is InChI=1S/C10H9F3N2O/c1-14-9-15-7-4-2-6(10(11,12)13)3-5-8(7)16-9/h2-6H,1H3,(H,14,15). The zero-order chi connectivity index (χ0) is 11.8. The van der Waals surface area contributed by atoms with Crippen molar-refractivity contribution in [3.8, 4) is 0 Å². The maximum absolute atomic E-state index is 12.4. The molecule has 1 unspecified atom stereocenters. The molecule has 3 nitrogen and oxygen atoms in total. The zero-order valence-electron chi connectivity index (χ0n) is 8.38. The Labute approximate surface area is 89.7 Å². The van der Waals surface area contributed by atoms with Gasteiger partial charge in [-0.2, -0.15) is 18.2 Å². The summed E-state index contributed by atoms with van der Waals surface area (Å²) in [6, 6.07) is 0.282. The van der Waals surface area contributed by atoms with Gasteiger partial charge >= 0.3 is 6.18 Å². The molecule has 0 fully saturated rings. The lowest BCUT2D eigenvalue weighted by atomic mass is 10.1. The fourth-order valence-corrected chi connectivity index (χ4v) is 1.36. The van der Waals surface area contributed by atoms with Crippen LogP contribution in [0.3, 0.4) is 0 Å². The Morgan fingerprint density at radius 3 is 2.62 bits per heavy atom. The lowest BCUT2D eigenvalue weighted by Crippen LogP contribution is -2.18. The van der Waals surface area contributed by atoms with Crippen LogP contribution in [0.15, 0.2) is 16.6 Å². The van der Waals surface area contributed by atoms with Gasteiger partial charge in [-0.3, -0.25) is 0 Å². The monoisotopic (exact) mass is 230 g/mol. The van der Waals surface area contributed by atoms with Crippen molar-refractivity contribution in [2.75, 3.05) is 12.4 Å². The van der Waals surface area contributed by atoms with Gasteiger partial charge in [-0.15, -0.1) is 0 Å². The van der Waals surface area contributed by atoms with E-state index in [1.807, 2.05) is 0 Å². The first-order valence-corrected chi connectivity index (χ1v) is 4.62. The van der Waals surface area contributed by atoms with Gasteiger partial charge in [0.1, 0.15) is 5.69 Å². The molecule has 1 aliphatic carbocycles. The summed E-state index contributed by atoms with van der Waals surface area (Å²) in [4.78, 5) is 3.96. The van der Waals surface area contributed by atoms with Crippen molar-refractivity contribution in [2.24, 2.45) is 5.92 Å². The number of rotatable bonds is 1. The van der Waals surface area contributed by atoms with Crippen molar-refractivity contribution < 1.29 is 17.6 Å². The van der Waals surface area contributed by atoms with Crippen molar-refractivity contribution in [3.63, 3.8) is 0 Å². The third kappa shape index (κ3) is 1.95. The predicted molar refractivity (Wildman–Crippen MR) is 53.7 cm³/mol. The van der Waals surface area contributed by atoms with Gasteiger partial charge in [0.2, 0.25) is 0 Å². The first-order valence-electron chi connectivity index (χ1n) is 4.62. The molecule has 0 aliphatic heterocycles. The number of nitrogens with zero attached hydrogens (tertiary/aromatic N) is 1. The average Bonchev–Trinajstić information content (AvgIpc) is 2.49. The normalized spacial score (nSPS) is 19.4. The third-order valence-corrected chi connectivity index (χ3v) is 2.19. The Bertz CT molecular complexity index is 414. The van der Waals surface area contributed by atoms with E-state index in [-0.39, 0.29) is 6.01 Å². The molecule has 1 aromatic heterocycles. The molecule has 1 N–H and O–H groups in total. The van der Waals surface area contributed by atoms with Crippen LogP contribution in [0.2, 0.25) is 0 Å². The Hall–Kier alpha value is -1.72. The summed E-state index contributed by atoms with van der Waals surface area (Å²) < 4.78 is 42.5. The van der Waals surface area contributed by atoms with E-state index >= 15 is 0 Å². The lowest BCUT2D eigenvalue weighted by Gasteiger charge is -2.10. The van der Waals surface area contributed by atoms with Gasteiger partial charge in [-0.1, -0.05) is 12.2 Å². The number of fused-ring (bicyclic) bond motifs is 1. The first-order chi connectivity index (χ1) is 7.50. The number of oxazole rings is 1. The molecule has 1 heterocycles. The van der Waals surface area contributed by atoms with Gasteiger partial charge in [-0.25, -0.2) is 0 Å². The van der Waals surface area contributed by atoms with Crippen LogP contribution in [0.1, 0.15) is 11.5 Å². The second-order valence-electron chi connectivity index (χ2n) is 3.30. The lowest BCUT2D eigenvalue weighted by molar-refractivity contribution is -0.148. The van der Waals surface area contributed by atoms with Gasteiger partial charge in [0.15, 0.2) is 5.76 Å². The van der Waals surface area contributed by atoms with Crippen LogP contribution in [-0.4, -0.2) is 18.2 Å². The van der Waals surface area contributed by atoms with E-state index in [2.05, 4.69) is 10.3 Å². The van der Waals surface area contributed by atoms with E-state index in [1.54, 1.807) is 7.05 Å². The quantitative estimate of drug-likeness (QED) is 0.806. The van der Waals surface area contributed by atoms with E-state index in [9.17, 15) is 13.2 Å². The third-order valence-electron chi connectivity index (χ3n) is 2.19. The number of hydrogen-bond donors (Lipinski definition) is 1. The smallest absolute Gasteiger partial charge is 0.398 e. The molecule has 0 radical (unpaired) electrons. The fourth-order valence-electron chi connectivity index (χ4n) is 1.36. The molecular weight excluding hydrogens is 221 g/mol. The van der Waals surface area contributed by atoms with Gasteiger partial charge in [0.25, 0.3) is 6.01 Å². The fraction of sp³-hybridized carbons (Fsp3) is 0.300. The van der Waals surface area contributed by atoms with E-state index in [1.165, 1.54) is 12.2 Å². The molecule has 1 atom stereocenters. The van der Waals surface area contributed by atoms with E-state index < -0.39 is 12.1 Å². The number of allylic oxidation sites excluding steroid dienone is 2. The molecular formula is C10H9F3N2O. The second-order valence-corrected chi connectivity index (χ2v) is 3.30. The number of halogens is 3. The first kappa shape index (κ1) is 10.8. The molecule has 0 spiro atoms. The van der Waals surface area contributed by atoms with Crippen LogP contribution in [0, 0.1) is 5.92 Å². The van der Waals surface area contributed by atoms with E-state index in [0.717, 1.165) is 12.2 Å². The van der Waals surface area contributed by atoms with Crippen LogP contribution in [-0.2, 0) is 0 Å². The number of nitrogens with one attached hydrogen (secondary N) is 1. The second kappa shape index (κ2) is 3.70. The number of anilines is 1. The van der Waals surface area contributed by atoms with Crippen LogP contribution in [0.25, 0.3) is 12.2 Å². The van der Waals surface area contributed by atoms with E-state index in [0.29, 0.717) is 11.5 Å². The minimum Gasteiger partial charge on any atom is -0.424 e. The summed E-state index contributed by atoms with van der Waals surface area (Å²) in [5.74, 6) is -1.26. The van der Waals surface area contributed by atoms with Crippen molar-refractivity contribution in [1.82, 2.24) is 4.98 Å². The molecule has 0 saturated heterocycles. The van der Waals surface area contributed by atoms with Crippen LogP contribution in [0.5, 0.6) is 0 Å². The largest absolute Gasteiger partial charge is 0.424 e. The highest BCUT2D eigenvalue weighted by atomic mass is 19.4. The van der Waals surface area contributed by atoms with Gasteiger partial charge in [0, 0.05) is 7.05 Å². The molecule has 0 bridgehead atoms. The SMILES string of the molecule is CNc1nc2c(o1)C=CC(C(F)(F)F)C=C2. The van der Waals surface area contributed by atoms with Crippen LogP contribution >= 0.6 is 0 Å². The maximum atomic E-state index is 12.4. The molecule has 0 saturated carbocycles. The Morgan fingerprint density at radius 2 is 2.00 bits per heavy atom. The minimum absolute atomic E-state index is 0.282. The Balaban J connectivity index is 2.32. The summed E-state index contributed by atoms with van der Waals surface area (Å²) >= 11 is 0. The van der Waals surface area contributed by atoms with Crippen molar-refractivity contribution >= 4 is 18.2 Å². The molecule has 6 heteroatoms. The summed E-state index contributed by atoms with van der Waals surface area (Å²) in [6.07, 6.45) is 0.443. The van der Waals surface area contributed by atoms with Crippen molar-refractivity contribution in [3.05, 3.63) is 23.6 Å². The van der Waals surface area contributed by atoms with Crippen LogP contribution in [0.4, 0.5) is 19.2 Å². The summed E-state index contributed by atoms with van der Waals surface area (Å²) in [5.41, 5.74) is 0.396. The van der Waals surface area contributed by atoms with Crippen molar-refractivity contribution in [1.29, 1.82) is 0 Å². The predicted octanol–water partition coefficient (Wildman–Crippen LogP) is 2.93. The molecule has 0 amide bonds. The average molecular weight is 230 g/mol. The molecule has 86 valence electrons. The van der Waals surface area contributed by atoms with Gasteiger partial charge in [-0.05, 0) is 12.2 Å². The van der Waals surface area contributed by atoms with Crippen LogP contribution < -0.4 is 5.32 Å². The maximum Gasteiger partial charge on any atom is 0.398 e. The van der Waals surface area contributed by atoms with Gasteiger partial charge in [0.05, 0.1) is 5.92 Å². The molecule has 1 aromatic rings.